The van der Waals surface area contributed by atoms with Crippen molar-refractivity contribution in [2.24, 2.45) is 0 Å². The van der Waals surface area contributed by atoms with Crippen molar-refractivity contribution < 1.29 is 17.2 Å². The number of benzene rings is 1. The maximum Gasteiger partial charge on any atom is 0.364 e. The Bertz CT molecular complexity index is 779. The molecule has 0 saturated carbocycles. The zero-order chi connectivity index (χ0) is 16.0. The van der Waals surface area contributed by atoms with E-state index in [1.807, 2.05) is 0 Å². The van der Waals surface area contributed by atoms with Gasteiger partial charge >= 0.3 is 3.92 Å². The molecule has 0 radical (unpaired) electrons. The fraction of sp³-hybridized carbons (Fsp3) is 0.100. The van der Waals surface area contributed by atoms with Crippen LogP contribution >= 0.6 is 46.4 Å². The molecule has 0 bridgehead atoms. The van der Waals surface area contributed by atoms with E-state index in [1.165, 1.54) is 0 Å². The quantitative estimate of drug-likeness (QED) is 0.733. The Morgan fingerprint density at radius 1 is 1.19 bits per heavy atom. The van der Waals surface area contributed by atoms with Gasteiger partial charge < -0.3 is 4.57 Å². The molecular weight excluding hydrogens is 392 g/mol. The molecule has 0 atom stereocenters. The molecule has 1 heterocycles. The van der Waals surface area contributed by atoms with E-state index in [0.29, 0.717) is 0 Å². The van der Waals surface area contributed by atoms with Crippen molar-refractivity contribution >= 4 is 56.2 Å². The average molecular weight is 396 g/mol. The van der Waals surface area contributed by atoms with Crippen molar-refractivity contribution in [1.82, 2.24) is 9.55 Å². The van der Waals surface area contributed by atoms with Crippen LogP contribution in [0.5, 0.6) is 0 Å². The van der Waals surface area contributed by atoms with E-state index < -0.39 is 24.6 Å². The lowest BCUT2D eigenvalue weighted by atomic mass is 10.3. The van der Waals surface area contributed by atoms with Gasteiger partial charge in [-0.3, -0.25) is 0 Å². The highest BCUT2D eigenvalue weighted by molar-refractivity contribution is 7.95. The van der Waals surface area contributed by atoms with Crippen molar-refractivity contribution in [2.75, 3.05) is 0 Å². The minimum absolute atomic E-state index is 0.0716. The zero-order valence-corrected chi connectivity index (χ0v) is 13.5. The number of halogens is 6. The van der Waals surface area contributed by atoms with Gasteiger partial charge in [0.05, 0.1) is 15.7 Å². The summed E-state index contributed by atoms with van der Waals surface area (Å²) in [5, 5.41) is -0.916. The van der Waals surface area contributed by atoms with Gasteiger partial charge in [0.25, 0.3) is 9.84 Å². The maximum absolute atomic E-state index is 13.3. The van der Waals surface area contributed by atoms with Gasteiger partial charge in [-0.05, 0) is 35.3 Å². The molecule has 0 aliphatic heterocycles. The predicted octanol–water partition coefficient (Wildman–Crippen LogP) is 4.15. The Hall–Kier alpha value is -0.600. The van der Waals surface area contributed by atoms with Gasteiger partial charge in [-0.1, -0.05) is 23.2 Å². The number of aromatic nitrogens is 2. The number of alkyl halides is 3. The Balaban J connectivity index is 2.57. The summed E-state index contributed by atoms with van der Waals surface area (Å²) in [5.74, 6) is -0.675. The first kappa shape index (κ1) is 16.8. The highest BCUT2D eigenvalue weighted by atomic mass is 35.5. The zero-order valence-electron chi connectivity index (χ0n) is 9.70. The topological polar surface area (TPSA) is 52.0 Å². The number of hydrogen-bond donors (Lipinski definition) is 0. The molecule has 1 aromatic carbocycles. The van der Waals surface area contributed by atoms with Crippen LogP contribution < -0.4 is 0 Å². The molecule has 114 valence electrons. The first-order valence-electron chi connectivity index (χ1n) is 5.04. The number of imidazole rings is 1. The first-order valence-corrected chi connectivity index (χ1v) is 8.04. The SMILES string of the molecule is O=S(=O)(c1cn(-c2c(Cl)cc(F)cc2Cl)cn1)C(F)(Cl)Cl. The molecule has 0 N–H and O–H groups in total. The number of sulfone groups is 1. The van der Waals surface area contributed by atoms with E-state index in [4.69, 9.17) is 46.4 Å². The lowest BCUT2D eigenvalue weighted by Gasteiger charge is -2.09. The van der Waals surface area contributed by atoms with Crippen LogP contribution in [0.25, 0.3) is 5.69 Å². The molecule has 2 aromatic rings. The Kier molecular flexibility index (Phi) is 4.43. The van der Waals surface area contributed by atoms with Crippen molar-refractivity contribution in [2.45, 2.75) is 8.95 Å². The highest BCUT2D eigenvalue weighted by Crippen LogP contribution is 2.36. The monoisotopic (exact) mass is 394 g/mol. The van der Waals surface area contributed by atoms with Gasteiger partial charge in [-0.2, -0.15) is 4.39 Å². The molecule has 0 saturated heterocycles. The second-order valence-electron chi connectivity index (χ2n) is 3.79. The largest absolute Gasteiger partial charge is 0.364 e. The fourth-order valence-corrected chi connectivity index (χ4v) is 3.27. The van der Waals surface area contributed by atoms with E-state index in [0.717, 1.165) is 29.2 Å². The molecular formula is C10H4Cl4F2N2O2S. The average Bonchev–Trinajstić information content (AvgIpc) is 2.75. The summed E-state index contributed by atoms with van der Waals surface area (Å²) in [7, 11) is -4.73. The summed E-state index contributed by atoms with van der Waals surface area (Å²) in [4.78, 5) is 3.49. The van der Waals surface area contributed by atoms with Crippen LogP contribution in [-0.4, -0.2) is 21.9 Å². The third-order valence-corrected chi connectivity index (χ3v) is 5.54. The summed E-state index contributed by atoms with van der Waals surface area (Å²) in [6.45, 7) is 0. The molecule has 21 heavy (non-hydrogen) atoms. The van der Waals surface area contributed by atoms with Gasteiger partial charge in [0.1, 0.15) is 12.1 Å². The molecule has 2 rings (SSSR count). The molecule has 0 aliphatic carbocycles. The highest BCUT2D eigenvalue weighted by Gasteiger charge is 2.43. The molecule has 0 unspecified atom stereocenters. The smallest absolute Gasteiger partial charge is 0.302 e. The van der Waals surface area contributed by atoms with Gasteiger partial charge in [-0.15, -0.1) is 0 Å². The Morgan fingerprint density at radius 3 is 2.19 bits per heavy atom. The van der Waals surface area contributed by atoms with Gasteiger partial charge in [0, 0.05) is 6.20 Å². The molecule has 0 aliphatic rings. The van der Waals surface area contributed by atoms with Crippen molar-refractivity contribution in [3.63, 3.8) is 0 Å². The maximum atomic E-state index is 13.3. The van der Waals surface area contributed by atoms with Crippen molar-refractivity contribution in [3.05, 3.63) is 40.5 Å². The van der Waals surface area contributed by atoms with Crippen LogP contribution in [0.2, 0.25) is 10.0 Å². The number of rotatable bonds is 3. The predicted molar refractivity (Wildman–Crippen MR) is 76.3 cm³/mol. The minimum atomic E-state index is -4.73. The number of nitrogens with zero attached hydrogens (tertiary/aromatic N) is 2. The van der Waals surface area contributed by atoms with Gasteiger partial charge in [-0.25, -0.2) is 17.8 Å². The van der Waals surface area contributed by atoms with E-state index in [-0.39, 0.29) is 15.7 Å². The first-order chi connectivity index (χ1) is 9.54. The third-order valence-electron chi connectivity index (χ3n) is 2.38. The molecule has 1 aromatic heterocycles. The van der Waals surface area contributed by atoms with Crippen molar-refractivity contribution in [1.29, 1.82) is 0 Å². The summed E-state index contributed by atoms with van der Waals surface area (Å²) in [6.07, 6.45) is 1.90. The molecule has 0 spiro atoms. The number of hydrogen-bond acceptors (Lipinski definition) is 3. The molecule has 4 nitrogen and oxygen atoms in total. The van der Waals surface area contributed by atoms with Crippen LogP contribution in [-0.2, 0) is 9.84 Å². The lowest BCUT2D eigenvalue weighted by Crippen LogP contribution is -2.21. The van der Waals surface area contributed by atoms with Crippen LogP contribution in [0, 0.1) is 5.82 Å². The fourth-order valence-electron chi connectivity index (χ4n) is 1.47. The van der Waals surface area contributed by atoms with E-state index in [2.05, 4.69) is 4.98 Å². The van der Waals surface area contributed by atoms with Crippen molar-refractivity contribution in [3.8, 4) is 5.69 Å². The minimum Gasteiger partial charge on any atom is -0.302 e. The molecule has 0 fully saturated rings. The summed E-state index contributed by atoms with van der Waals surface area (Å²) in [5.41, 5.74) is 0.0716. The van der Waals surface area contributed by atoms with Crippen LogP contribution in [0.1, 0.15) is 0 Å². The summed E-state index contributed by atoms with van der Waals surface area (Å²) >= 11 is 21.6. The van der Waals surface area contributed by atoms with Crippen LogP contribution in [0.3, 0.4) is 0 Å². The van der Waals surface area contributed by atoms with E-state index in [1.54, 1.807) is 0 Å². The standard InChI is InChI=1S/C10H4Cl4F2N2O2S/c11-6-1-5(15)2-7(12)9(6)18-3-8(17-4-18)21(19,20)10(13,14)16/h1-4H. The molecule has 0 amide bonds. The second kappa shape index (κ2) is 5.55. The summed E-state index contributed by atoms with van der Waals surface area (Å²) in [6, 6.07) is 1.94. The second-order valence-corrected chi connectivity index (χ2v) is 8.27. The summed E-state index contributed by atoms with van der Waals surface area (Å²) < 4.78 is 47.3. The third kappa shape index (κ3) is 3.12. The lowest BCUT2D eigenvalue weighted by molar-refractivity contribution is 0.467. The van der Waals surface area contributed by atoms with Gasteiger partial charge in [0.2, 0.25) is 0 Å². The Morgan fingerprint density at radius 2 is 1.71 bits per heavy atom. The van der Waals surface area contributed by atoms with E-state index in [9.17, 15) is 17.2 Å². The van der Waals surface area contributed by atoms with E-state index >= 15 is 0 Å². The van der Waals surface area contributed by atoms with Crippen LogP contribution in [0.15, 0.2) is 29.7 Å². The normalized spacial score (nSPS) is 12.7. The Labute approximate surface area is 138 Å². The van der Waals surface area contributed by atoms with Gasteiger partial charge in [0.15, 0.2) is 5.03 Å². The van der Waals surface area contributed by atoms with Crippen LogP contribution in [0.4, 0.5) is 8.78 Å². The molecule has 11 heteroatoms.